The van der Waals surface area contributed by atoms with Gasteiger partial charge in [0, 0.05) is 49.5 Å². The second kappa shape index (κ2) is 11.7. The number of pyridine rings is 1. The first-order valence-corrected chi connectivity index (χ1v) is 11.6. The molecule has 0 unspecified atom stereocenters. The van der Waals surface area contributed by atoms with E-state index in [0.29, 0.717) is 31.6 Å². The van der Waals surface area contributed by atoms with Crippen LogP contribution in [0.3, 0.4) is 0 Å². The van der Waals surface area contributed by atoms with E-state index in [2.05, 4.69) is 39.7 Å². The lowest BCUT2D eigenvalue weighted by Gasteiger charge is -2.18. The highest BCUT2D eigenvalue weighted by atomic mass is 16.1. The van der Waals surface area contributed by atoms with Gasteiger partial charge in [-0.3, -0.25) is 14.6 Å². The van der Waals surface area contributed by atoms with Gasteiger partial charge in [-0.05, 0) is 42.2 Å². The Labute approximate surface area is 199 Å². The van der Waals surface area contributed by atoms with Crippen LogP contribution in [0, 0.1) is 0 Å². The van der Waals surface area contributed by atoms with Crippen LogP contribution in [-0.2, 0) is 11.3 Å². The highest BCUT2D eigenvalue weighted by Gasteiger charge is 2.14. The number of benzene rings is 2. The zero-order valence-corrected chi connectivity index (χ0v) is 19.0. The molecule has 4 rings (SSSR count). The first-order valence-electron chi connectivity index (χ1n) is 11.6. The van der Waals surface area contributed by atoms with Crippen molar-refractivity contribution in [3.05, 3.63) is 119 Å². The minimum atomic E-state index is -0.179. The van der Waals surface area contributed by atoms with E-state index in [4.69, 9.17) is 0 Å². The maximum atomic E-state index is 12.4. The molecule has 6 nitrogen and oxygen atoms in total. The summed E-state index contributed by atoms with van der Waals surface area (Å²) >= 11 is 0. The second-order valence-corrected chi connectivity index (χ2v) is 8.14. The fourth-order valence-electron chi connectivity index (χ4n) is 4.01. The molecule has 0 aliphatic rings. The summed E-state index contributed by atoms with van der Waals surface area (Å²) in [5, 5.41) is 7.46. The molecule has 4 aromatic rings. The van der Waals surface area contributed by atoms with Crippen molar-refractivity contribution in [3.63, 3.8) is 0 Å². The van der Waals surface area contributed by atoms with Crippen molar-refractivity contribution in [1.82, 2.24) is 20.1 Å². The number of hydrogen-bond donors (Lipinski definition) is 1. The summed E-state index contributed by atoms with van der Waals surface area (Å²) in [5.74, 6) is 0.206. The number of amides is 1. The molecule has 6 heteroatoms. The number of nitrogens with one attached hydrogen (secondary N) is 1. The molecule has 2 heterocycles. The van der Waals surface area contributed by atoms with Crippen molar-refractivity contribution in [2.24, 2.45) is 0 Å². The number of carbonyl (C=O) groups is 1. The van der Waals surface area contributed by atoms with Crippen molar-refractivity contribution in [2.45, 2.75) is 31.7 Å². The van der Waals surface area contributed by atoms with E-state index in [-0.39, 0.29) is 17.4 Å². The largest absolute Gasteiger partial charge is 0.356 e. The first kappa shape index (κ1) is 23.1. The molecule has 2 aromatic heterocycles. The summed E-state index contributed by atoms with van der Waals surface area (Å²) < 4.78 is 1.41. The molecule has 0 aliphatic heterocycles. The summed E-state index contributed by atoms with van der Waals surface area (Å²) in [6.45, 7) is 0.971. The van der Waals surface area contributed by atoms with Gasteiger partial charge in [0.05, 0.1) is 5.69 Å². The number of rotatable bonds is 10. The Kier molecular flexibility index (Phi) is 7.95. The van der Waals surface area contributed by atoms with Gasteiger partial charge in [-0.15, -0.1) is 0 Å². The highest BCUT2D eigenvalue weighted by Crippen LogP contribution is 2.27. The Morgan fingerprint density at radius 3 is 2.24 bits per heavy atom. The molecule has 0 saturated heterocycles. The Bertz CT molecular complexity index is 1200. The quantitative estimate of drug-likeness (QED) is 0.386. The highest BCUT2D eigenvalue weighted by molar-refractivity contribution is 5.75. The van der Waals surface area contributed by atoms with Gasteiger partial charge in [0.15, 0.2) is 0 Å². The molecule has 172 valence electrons. The molecule has 1 N–H and O–H groups in total. The zero-order chi connectivity index (χ0) is 23.6. The van der Waals surface area contributed by atoms with Crippen LogP contribution in [0.4, 0.5) is 0 Å². The van der Waals surface area contributed by atoms with Gasteiger partial charge < -0.3 is 5.32 Å². The van der Waals surface area contributed by atoms with Gasteiger partial charge in [0.25, 0.3) is 5.56 Å². The maximum absolute atomic E-state index is 12.4. The van der Waals surface area contributed by atoms with Crippen molar-refractivity contribution in [1.29, 1.82) is 0 Å². The first-order chi connectivity index (χ1) is 16.7. The molecule has 0 aliphatic carbocycles. The van der Waals surface area contributed by atoms with E-state index in [1.165, 1.54) is 21.9 Å². The van der Waals surface area contributed by atoms with E-state index in [1.807, 2.05) is 48.5 Å². The van der Waals surface area contributed by atoms with E-state index in [1.54, 1.807) is 18.5 Å². The van der Waals surface area contributed by atoms with Crippen LogP contribution in [0.5, 0.6) is 0 Å². The number of carbonyl (C=O) groups excluding carboxylic acids is 1. The molecule has 0 fully saturated rings. The third kappa shape index (κ3) is 6.25. The fraction of sp³-hybridized carbons (Fsp3) is 0.214. The molecule has 0 atom stereocenters. The minimum absolute atomic E-state index is 0.0173. The van der Waals surface area contributed by atoms with Crippen LogP contribution >= 0.6 is 0 Å². The van der Waals surface area contributed by atoms with Crippen molar-refractivity contribution < 1.29 is 4.79 Å². The van der Waals surface area contributed by atoms with Crippen LogP contribution in [-0.4, -0.2) is 27.2 Å². The number of aryl methyl sites for hydroxylation is 1. The summed E-state index contributed by atoms with van der Waals surface area (Å²) in [4.78, 5) is 28.7. The van der Waals surface area contributed by atoms with Gasteiger partial charge in [-0.25, -0.2) is 4.68 Å². The summed E-state index contributed by atoms with van der Waals surface area (Å²) in [6, 6.07) is 27.6. The van der Waals surface area contributed by atoms with Crippen LogP contribution in [0.15, 0.2) is 102 Å². The van der Waals surface area contributed by atoms with Crippen molar-refractivity contribution in [2.75, 3.05) is 6.54 Å². The van der Waals surface area contributed by atoms with Crippen LogP contribution < -0.4 is 10.9 Å². The summed E-state index contributed by atoms with van der Waals surface area (Å²) in [5.41, 5.74) is 3.83. The Morgan fingerprint density at radius 1 is 0.882 bits per heavy atom. The molecule has 2 aromatic carbocycles. The van der Waals surface area contributed by atoms with E-state index < -0.39 is 0 Å². The van der Waals surface area contributed by atoms with Gasteiger partial charge in [-0.2, -0.15) is 5.10 Å². The molecule has 0 radical (unpaired) electrons. The van der Waals surface area contributed by atoms with E-state index >= 15 is 0 Å². The lowest BCUT2D eigenvalue weighted by atomic mass is 9.88. The monoisotopic (exact) mass is 452 g/mol. The predicted octanol–water partition coefficient (Wildman–Crippen LogP) is 4.42. The van der Waals surface area contributed by atoms with Crippen molar-refractivity contribution >= 4 is 5.91 Å². The molecular weight excluding hydrogens is 424 g/mol. The minimum Gasteiger partial charge on any atom is -0.356 e. The third-order valence-corrected chi connectivity index (χ3v) is 5.76. The maximum Gasteiger partial charge on any atom is 0.266 e. The van der Waals surface area contributed by atoms with Crippen LogP contribution in [0.1, 0.15) is 36.3 Å². The molecule has 1 amide bonds. The van der Waals surface area contributed by atoms with E-state index in [0.717, 1.165) is 12.0 Å². The predicted molar refractivity (Wildman–Crippen MR) is 133 cm³/mol. The zero-order valence-electron chi connectivity index (χ0n) is 19.0. The van der Waals surface area contributed by atoms with Crippen LogP contribution in [0.25, 0.3) is 11.3 Å². The Hall–Kier alpha value is -4.06. The Balaban J connectivity index is 1.29. The Morgan fingerprint density at radius 2 is 1.59 bits per heavy atom. The smallest absolute Gasteiger partial charge is 0.266 e. The average Bonchev–Trinajstić information content (AvgIpc) is 2.89. The van der Waals surface area contributed by atoms with Gasteiger partial charge >= 0.3 is 0 Å². The molecular formula is C28H28N4O2. The number of nitrogens with zero attached hydrogens (tertiary/aromatic N) is 3. The normalized spacial score (nSPS) is 10.9. The van der Waals surface area contributed by atoms with Gasteiger partial charge in [0.1, 0.15) is 0 Å². The lowest BCUT2D eigenvalue weighted by molar-refractivity contribution is -0.121. The average molecular weight is 453 g/mol. The van der Waals surface area contributed by atoms with E-state index in [9.17, 15) is 9.59 Å². The molecule has 0 spiro atoms. The van der Waals surface area contributed by atoms with Crippen molar-refractivity contribution in [3.8, 4) is 11.3 Å². The number of aromatic nitrogens is 3. The number of hydrogen-bond acceptors (Lipinski definition) is 4. The SMILES string of the molecule is O=C(CCCn1nc(-c2cccnc2)ccc1=O)NCCC(c1ccccc1)c1ccccc1. The lowest BCUT2D eigenvalue weighted by Crippen LogP contribution is -2.27. The van der Waals surface area contributed by atoms with Gasteiger partial charge in [0.2, 0.25) is 5.91 Å². The van der Waals surface area contributed by atoms with Gasteiger partial charge in [-0.1, -0.05) is 60.7 Å². The topological polar surface area (TPSA) is 76.9 Å². The molecule has 0 bridgehead atoms. The summed E-state index contributed by atoms with van der Waals surface area (Å²) in [7, 11) is 0. The standard InChI is InChI=1S/C28H28N4O2/c33-27(14-8-20-32-28(34)16-15-26(31-32)24-13-7-18-29-21-24)30-19-17-25(22-9-3-1-4-10-22)23-11-5-2-6-12-23/h1-7,9-13,15-16,18,21,25H,8,14,17,19-20H2,(H,30,33). The fourth-order valence-corrected chi connectivity index (χ4v) is 4.01. The second-order valence-electron chi connectivity index (χ2n) is 8.14. The summed E-state index contributed by atoms with van der Waals surface area (Å²) in [6.07, 6.45) is 5.10. The third-order valence-electron chi connectivity index (χ3n) is 5.76. The molecule has 0 saturated carbocycles. The molecule has 34 heavy (non-hydrogen) atoms. The van der Waals surface area contributed by atoms with Crippen LogP contribution in [0.2, 0.25) is 0 Å².